The number of fused-ring (bicyclic) bond motifs is 1. The van der Waals surface area contributed by atoms with Crippen LogP contribution in [0.2, 0.25) is 0 Å². The van der Waals surface area contributed by atoms with Crippen molar-refractivity contribution in [3.63, 3.8) is 0 Å². The lowest BCUT2D eigenvalue weighted by atomic mass is 10.2. The zero-order valence-electron chi connectivity index (χ0n) is 6.64. The number of para-hydroxylation sites is 1. The van der Waals surface area contributed by atoms with Gasteiger partial charge < -0.3 is 4.74 Å². The van der Waals surface area contributed by atoms with Crippen LogP contribution in [0.4, 0.5) is 0 Å². The summed E-state index contributed by atoms with van der Waals surface area (Å²) < 4.78 is 5.07. The SMILES string of the molecule is CC.Cc1cccc2c1O2. The fourth-order valence-electron chi connectivity index (χ4n) is 0.825. The predicted molar refractivity (Wildman–Crippen MR) is 42.6 cm³/mol. The second-order valence-electron chi connectivity index (χ2n) is 2.00. The molecule has 54 valence electrons. The summed E-state index contributed by atoms with van der Waals surface area (Å²) in [5.41, 5.74) is 1.24. The molecule has 1 aromatic carbocycles. The first-order chi connectivity index (χ1) is 4.88. The Morgan fingerprint density at radius 2 is 1.90 bits per heavy atom. The van der Waals surface area contributed by atoms with Crippen LogP contribution < -0.4 is 4.74 Å². The molecule has 0 aromatic heterocycles. The minimum absolute atomic E-state index is 1.05. The fraction of sp³-hybridized carbons (Fsp3) is 0.333. The molecule has 0 radical (unpaired) electrons. The molecule has 0 spiro atoms. The van der Waals surface area contributed by atoms with Crippen molar-refractivity contribution in [1.82, 2.24) is 0 Å². The van der Waals surface area contributed by atoms with Gasteiger partial charge >= 0.3 is 0 Å². The fourth-order valence-corrected chi connectivity index (χ4v) is 0.825. The topological polar surface area (TPSA) is 12.5 Å². The van der Waals surface area contributed by atoms with Crippen molar-refractivity contribution in [2.45, 2.75) is 20.8 Å². The quantitative estimate of drug-likeness (QED) is 0.507. The Kier molecular flexibility index (Phi) is 1.95. The van der Waals surface area contributed by atoms with Crippen LogP contribution in [-0.4, -0.2) is 0 Å². The molecular formula is C9H12O. The highest BCUT2D eigenvalue weighted by Gasteiger charge is 2.20. The number of ether oxygens (including phenoxy) is 1. The second-order valence-corrected chi connectivity index (χ2v) is 2.00. The number of hydrogen-bond acceptors (Lipinski definition) is 1. The van der Waals surface area contributed by atoms with Crippen molar-refractivity contribution in [1.29, 1.82) is 0 Å². The molecule has 0 N–H and O–H groups in total. The summed E-state index contributed by atoms with van der Waals surface area (Å²) >= 11 is 0. The van der Waals surface area contributed by atoms with Crippen molar-refractivity contribution >= 4 is 0 Å². The first-order valence-corrected chi connectivity index (χ1v) is 3.65. The maximum absolute atomic E-state index is 5.07. The lowest BCUT2D eigenvalue weighted by Gasteiger charge is -1.76. The molecule has 1 heteroatoms. The normalized spacial score (nSPS) is 10.3. The maximum atomic E-state index is 5.07. The van der Waals surface area contributed by atoms with Gasteiger partial charge in [-0.1, -0.05) is 26.0 Å². The van der Waals surface area contributed by atoms with E-state index in [1.807, 2.05) is 39.0 Å². The van der Waals surface area contributed by atoms with Crippen LogP contribution in [0, 0.1) is 6.92 Å². The van der Waals surface area contributed by atoms with Crippen molar-refractivity contribution in [3.05, 3.63) is 23.8 Å². The monoisotopic (exact) mass is 136 g/mol. The molecule has 10 heavy (non-hydrogen) atoms. The summed E-state index contributed by atoms with van der Waals surface area (Å²) in [5.74, 6) is 2.12. The van der Waals surface area contributed by atoms with Gasteiger partial charge in [0.2, 0.25) is 0 Å². The largest absolute Gasteiger partial charge is 0.449 e. The third-order valence-electron chi connectivity index (χ3n) is 1.35. The minimum atomic E-state index is 1.05. The standard InChI is InChI=1S/C7H6O.C2H6/c1-5-3-2-4-6-7(5)8-6;1-2/h2-4H,1H3;1-2H3. The molecule has 1 aliphatic heterocycles. The second kappa shape index (κ2) is 2.74. The van der Waals surface area contributed by atoms with Crippen LogP contribution >= 0.6 is 0 Å². The number of benzene rings is 1. The van der Waals surface area contributed by atoms with Gasteiger partial charge in [0.25, 0.3) is 0 Å². The van der Waals surface area contributed by atoms with E-state index in [1.54, 1.807) is 0 Å². The van der Waals surface area contributed by atoms with Gasteiger partial charge in [0, 0.05) is 0 Å². The average Bonchev–Trinajstić information content (AvgIpc) is 2.72. The van der Waals surface area contributed by atoms with E-state index in [-0.39, 0.29) is 0 Å². The highest BCUT2D eigenvalue weighted by molar-refractivity contribution is 5.58. The van der Waals surface area contributed by atoms with Gasteiger partial charge in [-0.3, -0.25) is 0 Å². The Labute approximate surface area is 61.6 Å². The molecule has 1 aromatic rings. The summed E-state index contributed by atoms with van der Waals surface area (Å²) in [4.78, 5) is 0. The molecule has 0 saturated heterocycles. The van der Waals surface area contributed by atoms with Gasteiger partial charge in [0.1, 0.15) is 0 Å². The van der Waals surface area contributed by atoms with Crippen molar-refractivity contribution in [2.75, 3.05) is 0 Å². The van der Waals surface area contributed by atoms with Crippen LogP contribution in [0.1, 0.15) is 19.4 Å². The van der Waals surface area contributed by atoms with E-state index in [9.17, 15) is 0 Å². The van der Waals surface area contributed by atoms with Gasteiger partial charge in [-0.25, -0.2) is 0 Å². The Hall–Kier alpha value is -0.980. The highest BCUT2D eigenvalue weighted by atomic mass is 16.6. The van der Waals surface area contributed by atoms with E-state index in [2.05, 4.69) is 0 Å². The van der Waals surface area contributed by atoms with Gasteiger partial charge in [0.05, 0.1) is 0 Å². The van der Waals surface area contributed by atoms with Gasteiger partial charge in [-0.2, -0.15) is 0 Å². The van der Waals surface area contributed by atoms with E-state index in [0.29, 0.717) is 0 Å². The molecule has 0 amide bonds. The summed E-state index contributed by atoms with van der Waals surface area (Å²) in [7, 11) is 0. The summed E-state index contributed by atoms with van der Waals surface area (Å²) in [6.45, 7) is 6.05. The number of aryl methyl sites for hydroxylation is 1. The molecule has 0 fully saturated rings. The van der Waals surface area contributed by atoms with E-state index in [0.717, 1.165) is 11.5 Å². The van der Waals surface area contributed by atoms with E-state index < -0.39 is 0 Å². The maximum Gasteiger partial charge on any atom is 0.173 e. The third-order valence-corrected chi connectivity index (χ3v) is 1.35. The smallest absolute Gasteiger partial charge is 0.173 e. The summed E-state index contributed by atoms with van der Waals surface area (Å²) in [6.07, 6.45) is 0. The van der Waals surface area contributed by atoms with Crippen LogP contribution in [0.15, 0.2) is 18.2 Å². The van der Waals surface area contributed by atoms with Crippen LogP contribution in [0.25, 0.3) is 0 Å². The zero-order chi connectivity index (χ0) is 7.56. The van der Waals surface area contributed by atoms with E-state index >= 15 is 0 Å². The lowest BCUT2D eigenvalue weighted by Crippen LogP contribution is -1.57. The third kappa shape index (κ3) is 1.13. The molecule has 0 aliphatic carbocycles. The molecule has 1 heterocycles. The first-order valence-electron chi connectivity index (χ1n) is 3.65. The minimum Gasteiger partial charge on any atom is -0.449 e. The molecule has 0 unspecified atom stereocenters. The predicted octanol–water partition coefficient (Wildman–Crippen LogP) is 3.13. The lowest BCUT2D eigenvalue weighted by molar-refractivity contribution is 0.646. The summed E-state index contributed by atoms with van der Waals surface area (Å²) in [5, 5.41) is 0. The molecule has 1 nitrogen and oxygen atoms in total. The van der Waals surface area contributed by atoms with Gasteiger partial charge in [-0.15, -0.1) is 0 Å². The zero-order valence-corrected chi connectivity index (χ0v) is 6.64. The van der Waals surface area contributed by atoms with Gasteiger partial charge in [-0.05, 0) is 18.6 Å². The molecule has 1 aliphatic rings. The Morgan fingerprint density at radius 1 is 1.20 bits per heavy atom. The number of rotatable bonds is 0. The highest BCUT2D eigenvalue weighted by Crippen LogP contribution is 2.47. The Bertz CT molecular complexity index is 228. The van der Waals surface area contributed by atoms with E-state index in [1.165, 1.54) is 5.56 Å². The first kappa shape index (κ1) is 7.13. The molecule has 0 bridgehead atoms. The molecule has 2 rings (SSSR count). The van der Waals surface area contributed by atoms with Crippen molar-refractivity contribution in [3.8, 4) is 11.5 Å². The molecule has 0 atom stereocenters. The van der Waals surface area contributed by atoms with Crippen LogP contribution in [0.5, 0.6) is 11.5 Å². The van der Waals surface area contributed by atoms with Crippen LogP contribution in [-0.2, 0) is 0 Å². The molecule has 0 saturated carbocycles. The Balaban J connectivity index is 0.000000231. The van der Waals surface area contributed by atoms with Crippen molar-refractivity contribution < 1.29 is 4.74 Å². The Morgan fingerprint density at radius 3 is 2.40 bits per heavy atom. The molecular weight excluding hydrogens is 124 g/mol. The van der Waals surface area contributed by atoms with E-state index in [4.69, 9.17) is 4.74 Å². The van der Waals surface area contributed by atoms with Crippen LogP contribution in [0.3, 0.4) is 0 Å². The average molecular weight is 136 g/mol. The van der Waals surface area contributed by atoms with Gasteiger partial charge in [0.15, 0.2) is 11.5 Å². The van der Waals surface area contributed by atoms with Crippen molar-refractivity contribution in [2.24, 2.45) is 0 Å². The summed E-state index contributed by atoms with van der Waals surface area (Å²) in [6, 6.07) is 6.02. The number of hydrogen-bond donors (Lipinski definition) is 0.